The summed E-state index contributed by atoms with van der Waals surface area (Å²) in [6.45, 7) is 3.33. The van der Waals surface area contributed by atoms with Crippen molar-refractivity contribution in [2.24, 2.45) is 0 Å². The van der Waals surface area contributed by atoms with Crippen LogP contribution in [0, 0.1) is 0 Å². The van der Waals surface area contributed by atoms with Crippen LogP contribution in [0.4, 0.5) is 4.79 Å². The molecule has 74 valence electrons. The number of ether oxygens (including phenoxy) is 1. The summed E-state index contributed by atoms with van der Waals surface area (Å²) in [5, 5.41) is 0. The molecule has 0 unspecified atom stereocenters. The Balaban J connectivity index is 2.41. The van der Waals surface area contributed by atoms with Gasteiger partial charge in [0, 0.05) is 25.9 Å². The molecule has 1 fully saturated rings. The first-order chi connectivity index (χ1) is 6.24. The third-order valence-corrected chi connectivity index (χ3v) is 2.07. The van der Waals surface area contributed by atoms with E-state index >= 15 is 0 Å². The fourth-order valence-electron chi connectivity index (χ4n) is 1.36. The van der Waals surface area contributed by atoms with E-state index < -0.39 is 0 Å². The van der Waals surface area contributed by atoms with Crippen LogP contribution in [-0.4, -0.2) is 36.5 Å². The molecule has 0 saturated carbocycles. The fourth-order valence-corrected chi connectivity index (χ4v) is 1.36. The molecule has 1 aliphatic rings. The molecule has 1 rings (SSSR count). The Hall–Kier alpha value is -1.06. The molecule has 1 saturated heterocycles. The van der Waals surface area contributed by atoms with Crippen LogP contribution in [0.5, 0.6) is 0 Å². The van der Waals surface area contributed by atoms with Gasteiger partial charge in [0.1, 0.15) is 5.78 Å². The first-order valence-corrected chi connectivity index (χ1v) is 4.67. The summed E-state index contributed by atoms with van der Waals surface area (Å²) in [5.74, 6) is 0.242. The zero-order chi connectivity index (χ0) is 9.68. The van der Waals surface area contributed by atoms with Crippen molar-refractivity contribution in [2.75, 3.05) is 19.7 Å². The topological polar surface area (TPSA) is 46.6 Å². The first kappa shape index (κ1) is 10.0. The minimum Gasteiger partial charge on any atom is -0.450 e. The van der Waals surface area contributed by atoms with Crippen molar-refractivity contribution in [1.29, 1.82) is 0 Å². The summed E-state index contributed by atoms with van der Waals surface area (Å²) in [7, 11) is 0. The molecule has 0 N–H and O–H groups in total. The lowest BCUT2D eigenvalue weighted by molar-refractivity contribution is -0.118. The minimum atomic E-state index is -0.294. The van der Waals surface area contributed by atoms with E-state index in [1.165, 1.54) is 0 Å². The number of carbonyl (C=O) groups excluding carboxylic acids is 2. The Kier molecular flexibility index (Phi) is 3.73. The van der Waals surface area contributed by atoms with Gasteiger partial charge in [0.15, 0.2) is 0 Å². The maximum absolute atomic E-state index is 11.2. The third-order valence-electron chi connectivity index (χ3n) is 2.07. The third kappa shape index (κ3) is 3.05. The van der Waals surface area contributed by atoms with Gasteiger partial charge in [-0.3, -0.25) is 4.79 Å². The molecule has 4 nitrogen and oxygen atoms in total. The molecule has 0 spiro atoms. The molecular formula is C9H15NO3. The lowest BCUT2D eigenvalue weighted by Crippen LogP contribution is -2.32. The van der Waals surface area contributed by atoms with Gasteiger partial charge in [0.05, 0.1) is 6.61 Å². The molecule has 0 aromatic carbocycles. The molecule has 0 atom stereocenters. The van der Waals surface area contributed by atoms with E-state index in [1.807, 2.05) is 0 Å². The van der Waals surface area contributed by atoms with E-state index in [9.17, 15) is 9.59 Å². The van der Waals surface area contributed by atoms with E-state index in [-0.39, 0.29) is 11.9 Å². The van der Waals surface area contributed by atoms with Crippen molar-refractivity contribution in [3.05, 3.63) is 0 Å². The van der Waals surface area contributed by atoms with Crippen molar-refractivity contribution in [2.45, 2.75) is 26.2 Å². The molecule has 1 amide bonds. The Morgan fingerprint density at radius 3 is 2.92 bits per heavy atom. The number of hydrogen-bond donors (Lipinski definition) is 0. The van der Waals surface area contributed by atoms with Gasteiger partial charge in [-0.1, -0.05) is 0 Å². The SMILES string of the molecule is CCOC(=O)N1CCCC(=O)CC1. The summed E-state index contributed by atoms with van der Waals surface area (Å²) >= 11 is 0. The summed E-state index contributed by atoms with van der Waals surface area (Å²) in [6, 6.07) is 0. The van der Waals surface area contributed by atoms with Crippen LogP contribution < -0.4 is 0 Å². The summed E-state index contributed by atoms with van der Waals surface area (Å²) in [4.78, 5) is 23.9. The number of amides is 1. The van der Waals surface area contributed by atoms with E-state index in [1.54, 1.807) is 11.8 Å². The standard InChI is InChI=1S/C9H15NO3/c1-2-13-9(12)10-6-3-4-8(11)5-7-10/h2-7H2,1H3. The quantitative estimate of drug-likeness (QED) is 0.616. The normalized spacial score (nSPS) is 18.2. The molecule has 0 aromatic heterocycles. The predicted molar refractivity (Wildman–Crippen MR) is 47.5 cm³/mol. The van der Waals surface area contributed by atoms with Gasteiger partial charge in [-0.2, -0.15) is 0 Å². The van der Waals surface area contributed by atoms with Crippen LogP contribution in [0.25, 0.3) is 0 Å². The number of rotatable bonds is 1. The van der Waals surface area contributed by atoms with Gasteiger partial charge in [0.2, 0.25) is 0 Å². The first-order valence-electron chi connectivity index (χ1n) is 4.67. The van der Waals surface area contributed by atoms with Crippen LogP contribution in [0.15, 0.2) is 0 Å². The molecule has 1 heterocycles. The molecule has 0 bridgehead atoms. The second kappa shape index (κ2) is 4.84. The highest BCUT2D eigenvalue weighted by atomic mass is 16.6. The molecule has 13 heavy (non-hydrogen) atoms. The summed E-state index contributed by atoms with van der Waals surface area (Å²) < 4.78 is 4.85. The molecule has 0 radical (unpaired) electrons. The van der Waals surface area contributed by atoms with Crippen LogP contribution in [0.2, 0.25) is 0 Å². The molecule has 1 aliphatic heterocycles. The minimum absolute atomic E-state index is 0.242. The zero-order valence-corrected chi connectivity index (χ0v) is 7.91. The maximum atomic E-state index is 11.2. The van der Waals surface area contributed by atoms with Gasteiger partial charge >= 0.3 is 6.09 Å². The maximum Gasteiger partial charge on any atom is 0.409 e. The van der Waals surface area contributed by atoms with Crippen molar-refractivity contribution >= 4 is 11.9 Å². The van der Waals surface area contributed by atoms with Crippen molar-refractivity contribution < 1.29 is 14.3 Å². The number of ketones is 1. The van der Waals surface area contributed by atoms with Crippen molar-refractivity contribution in [1.82, 2.24) is 4.90 Å². The second-order valence-corrected chi connectivity index (χ2v) is 3.08. The number of hydrogen-bond acceptors (Lipinski definition) is 3. The largest absolute Gasteiger partial charge is 0.450 e. The summed E-state index contributed by atoms with van der Waals surface area (Å²) in [5.41, 5.74) is 0. The summed E-state index contributed by atoms with van der Waals surface area (Å²) in [6.07, 6.45) is 1.53. The highest BCUT2D eigenvalue weighted by Crippen LogP contribution is 2.07. The number of nitrogens with zero attached hydrogens (tertiary/aromatic N) is 1. The molecule has 4 heteroatoms. The Morgan fingerprint density at radius 1 is 1.46 bits per heavy atom. The second-order valence-electron chi connectivity index (χ2n) is 3.08. The van der Waals surface area contributed by atoms with Gasteiger partial charge < -0.3 is 9.64 Å². The Bertz CT molecular complexity index is 203. The number of likely N-dealkylation sites (tertiary alicyclic amines) is 1. The Labute approximate surface area is 77.8 Å². The molecule has 0 aliphatic carbocycles. The smallest absolute Gasteiger partial charge is 0.409 e. The van der Waals surface area contributed by atoms with Crippen molar-refractivity contribution in [3.8, 4) is 0 Å². The van der Waals surface area contributed by atoms with E-state index in [0.717, 1.165) is 6.42 Å². The van der Waals surface area contributed by atoms with E-state index in [4.69, 9.17) is 4.74 Å². The van der Waals surface area contributed by atoms with Gasteiger partial charge in [-0.05, 0) is 13.3 Å². The van der Waals surface area contributed by atoms with E-state index in [2.05, 4.69) is 0 Å². The zero-order valence-electron chi connectivity index (χ0n) is 7.91. The fraction of sp³-hybridized carbons (Fsp3) is 0.778. The highest BCUT2D eigenvalue weighted by molar-refractivity contribution is 5.79. The lowest BCUT2D eigenvalue weighted by atomic mass is 10.2. The highest BCUT2D eigenvalue weighted by Gasteiger charge is 2.18. The van der Waals surface area contributed by atoms with Crippen LogP contribution in [0.1, 0.15) is 26.2 Å². The number of carbonyl (C=O) groups is 2. The van der Waals surface area contributed by atoms with Gasteiger partial charge in [0.25, 0.3) is 0 Å². The van der Waals surface area contributed by atoms with Crippen LogP contribution in [0.3, 0.4) is 0 Å². The van der Waals surface area contributed by atoms with E-state index in [0.29, 0.717) is 32.5 Å². The van der Waals surface area contributed by atoms with Gasteiger partial charge in [-0.15, -0.1) is 0 Å². The average Bonchev–Trinajstić information content (AvgIpc) is 2.30. The van der Waals surface area contributed by atoms with Gasteiger partial charge in [-0.25, -0.2) is 4.79 Å². The predicted octanol–water partition coefficient (Wildman–Crippen LogP) is 1.20. The average molecular weight is 185 g/mol. The lowest BCUT2D eigenvalue weighted by Gasteiger charge is -2.18. The Morgan fingerprint density at radius 2 is 2.23 bits per heavy atom. The molecule has 0 aromatic rings. The van der Waals surface area contributed by atoms with Crippen molar-refractivity contribution in [3.63, 3.8) is 0 Å². The number of Topliss-reactive ketones (excluding diaryl/α,β-unsaturated/α-hetero) is 1. The molecular weight excluding hydrogens is 170 g/mol. The monoisotopic (exact) mass is 185 g/mol. The van der Waals surface area contributed by atoms with Crippen LogP contribution >= 0.6 is 0 Å². The van der Waals surface area contributed by atoms with Crippen LogP contribution in [-0.2, 0) is 9.53 Å².